The minimum atomic E-state index is -4.56. The van der Waals surface area contributed by atoms with Crippen LogP contribution in [-0.2, 0) is 23.4 Å². The first-order valence-electron chi connectivity index (χ1n) is 12.0. The Morgan fingerprint density at radius 3 is 1.20 bits per heavy atom. The Morgan fingerprint density at radius 1 is 0.525 bits per heavy atom. The average molecular weight is 567 g/mol. The van der Waals surface area contributed by atoms with E-state index in [1.165, 1.54) is 24.3 Å². The van der Waals surface area contributed by atoms with Gasteiger partial charge in [0.2, 0.25) is 0 Å². The molecule has 0 saturated carbocycles. The molecule has 0 heterocycles. The van der Waals surface area contributed by atoms with Crippen LogP contribution in [0.1, 0.15) is 49.9 Å². The number of hydrogen-bond acceptors (Lipinski definition) is 2. The van der Waals surface area contributed by atoms with Gasteiger partial charge in [-0.05, 0) is 75.2 Å². The normalized spacial score (nSPS) is 12.4. The Labute approximate surface area is 227 Å². The molecule has 3 aromatic carbocycles. The SMILES string of the molecule is CC(C)(NC(=O)Nc1cccc(C(F)(F)F)c1)c1cccc(C(C)(C)NC(=O)Nc2cccc(C(F)(F)F)c2)c1. The number of nitrogens with one attached hydrogen (secondary N) is 4. The summed E-state index contributed by atoms with van der Waals surface area (Å²) in [7, 11) is 0. The van der Waals surface area contributed by atoms with Gasteiger partial charge in [-0.15, -0.1) is 0 Å². The molecule has 0 aliphatic carbocycles. The predicted molar refractivity (Wildman–Crippen MR) is 140 cm³/mol. The van der Waals surface area contributed by atoms with Crippen molar-refractivity contribution in [2.75, 3.05) is 10.6 Å². The fourth-order valence-corrected chi connectivity index (χ4v) is 3.88. The van der Waals surface area contributed by atoms with Crippen LogP contribution >= 0.6 is 0 Å². The van der Waals surface area contributed by atoms with Crippen LogP contribution in [0, 0.1) is 0 Å². The summed E-state index contributed by atoms with van der Waals surface area (Å²) in [5, 5.41) is 10.3. The third kappa shape index (κ3) is 7.90. The molecular weight excluding hydrogens is 538 g/mol. The molecule has 0 aliphatic heterocycles. The maximum atomic E-state index is 13.0. The Bertz CT molecular complexity index is 1280. The van der Waals surface area contributed by atoms with E-state index in [9.17, 15) is 35.9 Å². The van der Waals surface area contributed by atoms with Crippen molar-refractivity contribution < 1.29 is 35.9 Å². The van der Waals surface area contributed by atoms with Crippen LogP contribution in [0.2, 0.25) is 0 Å². The number of rotatable bonds is 6. The first-order valence-corrected chi connectivity index (χ1v) is 12.0. The lowest BCUT2D eigenvalue weighted by Gasteiger charge is -2.31. The maximum absolute atomic E-state index is 13.0. The molecule has 0 saturated heterocycles. The summed E-state index contributed by atoms with van der Waals surface area (Å²) in [6.45, 7) is 6.77. The van der Waals surface area contributed by atoms with Crippen LogP contribution in [0.5, 0.6) is 0 Å². The molecule has 0 unspecified atom stereocenters. The molecule has 0 aliphatic rings. The number of alkyl halides is 6. The van der Waals surface area contributed by atoms with E-state index >= 15 is 0 Å². The maximum Gasteiger partial charge on any atom is 0.416 e. The van der Waals surface area contributed by atoms with E-state index in [1.807, 2.05) is 0 Å². The standard InChI is InChI=1S/C28H28F6N4O2/c1-25(2,37-23(39)35-21-12-6-10-19(15-21)27(29,30)31)17-8-5-9-18(14-17)26(3,4)38-24(40)36-22-13-7-11-20(16-22)28(32,33)34/h5-16H,1-4H3,(H2,35,37,39)(H2,36,38,40). The lowest BCUT2D eigenvalue weighted by atomic mass is 9.87. The topological polar surface area (TPSA) is 82.3 Å². The van der Waals surface area contributed by atoms with E-state index in [2.05, 4.69) is 21.3 Å². The van der Waals surface area contributed by atoms with Crippen molar-refractivity contribution >= 4 is 23.4 Å². The predicted octanol–water partition coefficient (Wildman–Crippen LogP) is 7.84. The molecule has 6 nitrogen and oxygen atoms in total. The summed E-state index contributed by atoms with van der Waals surface area (Å²) in [6, 6.07) is 13.9. The number of urea groups is 2. The van der Waals surface area contributed by atoms with Crippen LogP contribution in [-0.4, -0.2) is 12.1 Å². The number of anilines is 2. The van der Waals surface area contributed by atoms with E-state index in [0.29, 0.717) is 11.1 Å². The van der Waals surface area contributed by atoms with Gasteiger partial charge in [-0.3, -0.25) is 0 Å². The quantitative estimate of drug-likeness (QED) is 0.229. The summed E-state index contributed by atoms with van der Waals surface area (Å²) in [4.78, 5) is 25.2. The first kappa shape index (κ1) is 30.3. The molecule has 3 rings (SSSR count). The van der Waals surface area contributed by atoms with Crippen LogP contribution in [0.15, 0.2) is 72.8 Å². The highest BCUT2D eigenvalue weighted by atomic mass is 19.4. The van der Waals surface area contributed by atoms with Gasteiger partial charge >= 0.3 is 24.4 Å². The van der Waals surface area contributed by atoms with E-state index in [-0.39, 0.29) is 11.4 Å². The summed E-state index contributed by atoms with van der Waals surface area (Å²) >= 11 is 0. The van der Waals surface area contributed by atoms with Crippen molar-refractivity contribution in [2.24, 2.45) is 0 Å². The van der Waals surface area contributed by atoms with Crippen LogP contribution in [0.25, 0.3) is 0 Å². The molecule has 0 spiro atoms. The van der Waals surface area contributed by atoms with Crippen LogP contribution < -0.4 is 21.3 Å². The average Bonchev–Trinajstić information content (AvgIpc) is 2.82. The zero-order valence-electron chi connectivity index (χ0n) is 22.0. The first-order chi connectivity index (χ1) is 18.4. The van der Waals surface area contributed by atoms with E-state index in [4.69, 9.17) is 0 Å². The number of carbonyl (C=O) groups is 2. The number of hydrogen-bond donors (Lipinski definition) is 4. The number of amides is 4. The Hall–Kier alpha value is -4.22. The van der Waals surface area contributed by atoms with E-state index in [0.717, 1.165) is 24.3 Å². The molecule has 0 bridgehead atoms. The van der Waals surface area contributed by atoms with E-state index in [1.54, 1.807) is 52.0 Å². The lowest BCUT2D eigenvalue weighted by Crippen LogP contribution is -2.45. The third-order valence-corrected chi connectivity index (χ3v) is 6.05. The smallest absolute Gasteiger partial charge is 0.329 e. The molecule has 0 radical (unpaired) electrons. The van der Waals surface area contributed by atoms with Gasteiger partial charge in [-0.25, -0.2) is 9.59 Å². The van der Waals surface area contributed by atoms with Crippen molar-refractivity contribution in [3.05, 3.63) is 95.1 Å². The van der Waals surface area contributed by atoms with Gasteiger partial charge in [0.05, 0.1) is 22.2 Å². The van der Waals surface area contributed by atoms with Crippen LogP contribution in [0.4, 0.5) is 47.3 Å². The molecule has 3 aromatic rings. The van der Waals surface area contributed by atoms with Gasteiger partial charge in [0.1, 0.15) is 0 Å². The minimum absolute atomic E-state index is 0.0333. The van der Waals surface area contributed by atoms with Crippen molar-refractivity contribution in [3.63, 3.8) is 0 Å². The van der Waals surface area contributed by atoms with Crippen molar-refractivity contribution in [1.29, 1.82) is 0 Å². The second kappa shape index (κ2) is 11.1. The largest absolute Gasteiger partial charge is 0.416 e. The second-order valence-electron chi connectivity index (χ2n) is 10.1. The summed E-state index contributed by atoms with van der Waals surface area (Å²) in [5.41, 5.74) is -2.60. The Kier molecular flexibility index (Phi) is 8.42. The number of carbonyl (C=O) groups excluding carboxylic acids is 2. The van der Waals surface area contributed by atoms with Gasteiger partial charge in [0.25, 0.3) is 0 Å². The lowest BCUT2D eigenvalue weighted by molar-refractivity contribution is -0.138. The molecular formula is C28H28F6N4O2. The molecule has 40 heavy (non-hydrogen) atoms. The zero-order chi connectivity index (χ0) is 29.9. The summed E-state index contributed by atoms with van der Waals surface area (Å²) in [6.07, 6.45) is -9.11. The number of benzene rings is 3. The highest BCUT2D eigenvalue weighted by Crippen LogP contribution is 2.32. The van der Waals surface area contributed by atoms with Gasteiger partial charge < -0.3 is 21.3 Å². The molecule has 0 fully saturated rings. The molecule has 4 N–H and O–H groups in total. The van der Waals surface area contributed by atoms with Gasteiger partial charge in [0, 0.05) is 11.4 Å². The Morgan fingerprint density at radius 2 is 0.850 bits per heavy atom. The van der Waals surface area contributed by atoms with Crippen LogP contribution in [0.3, 0.4) is 0 Å². The van der Waals surface area contributed by atoms with Crippen molar-refractivity contribution in [1.82, 2.24) is 10.6 Å². The monoisotopic (exact) mass is 566 g/mol. The fraction of sp³-hybridized carbons (Fsp3) is 0.286. The molecule has 0 aromatic heterocycles. The molecule has 0 atom stereocenters. The van der Waals surface area contributed by atoms with Gasteiger partial charge in [-0.2, -0.15) is 26.3 Å². The second-order valence-corrected chi connectivity index (χ2v) is 10.1. The fourth-order valence-electron chi connectivity index (χ4n) is 3.88. The van der Waals surface area contributed by atoms with Crippen molar-refractivity contribution in [3.8, 4) is 0 Å². The van der Waals surface area contributed by atoms with Crippen molar-refractivity contribution in [2.45, 2.75) is 51.1 Å². The zero-order valence-corrected chi connectivity index (χ0v) is 22.0. The Balaban J connectivity index is 1.70. The summed E-state index contributed by atoms with van der Waals surface area (Å²) < 4.78 is 77.9. The highest BCUT2D eigenvalue weighted by Gasteiger charge is 2.32. The summed E-state index contributed by atoms with van der Waals surface area (Å²) in [5.74, 6) is 0. The minimum Gasteiger partial charge on any atom is -0.329 e. The van der Waals surface area contributed by atoms with Gasteiger partial charge in [-0.1, -0.05) is 36.4 Å². The molecule has 4 amide bonds. The van der Waals surface area contributed by atoms with E-state index < -0.39 is 46.6 Å². The highest BCUT2D eigenvalue weighted by molar-refractivity contribution is 5.90. The third-order valence-electron chi connectivity index (χ3n) is 6.05. The molecule has 12 heteroatoms. The van der Waals surface area contributed by atoms with Gasteiger partial charge in [0.15, 0.2) is 0 Å². The molecule has 214 valence electrons. The number of halogens is 6.